The van der Waals surface area contributed by atoms with E-state index in [0.29, 0.717) is 18.7 Å². The first kappa shape index (κ1) is 14.4. The van der Waals surface area contributed by atoms with E-state index in [0.717, 1.165) is 24.2 Å². The number of aromatic amines is 1. The number of aromatic nitrogens is 2. The van der Waals surface area contributed by atoms with Crippen LogP contribution in [0.2, 0.25) is 0 Å². The van der Waals surface area contributed by atoms with Crippen LogP contribution in [-0.4, -0.2) is 29.3 Å². The van der Waals surface area contributed by atoms with Crippen molar-refractivity contribution in [1.29, 1.82) is 0 Å². The van der Waals surface area contributed by atoms with Gasteiger partial charge in [-0.2, -0.15) is 13.9 Å². The fourth-order valence-corrected chi connectivity index (χ4v) is 2.51. The van der Waals surface area contributed by atoms with Crippen molar-refractivity contribution in [3.8, 4) is 5.75 Å². The predicted molar refractivity (Wildman–Crippen MR) is 71.6 cm³/mol. The average molecular weight is 311 g/mol. The molecule has 1 amide bonds. The number of nitrogens with one attached hydrogen (secondary N) is 1. The zero-order valence-electron chi connectivity index (χ0n) is 11.4. The first-order valence-electron chi connectivity index (χ1n) is 6.65. The molecule has 1 aliphatic heterocycles. The Morgan fingerprint density at radius 1 is 1.41 bits per heavy atom. The second-order valence-electron chi connectivity index (χ2n) is 4.79. The van der Waals surface area contributed by atoms with Gasteiger partial charge in [-0.05, 0) is 25.0 Å². The minimum Gasteiger partial charge on any atom is -0.434 e. The fourth-order valence-electron chi connectivity index (χ4n) is 2.51. The van der Waals surface area contributed by atoms with Crippen LogP contribution in [0.5, 0.6) is 5.75 Å². The van der Waals surface area contributed by atoms with Crippen molar-refractivity contribution in [1.82, 2.24) is 10.2 Å². The van der Waals surface area contributed by atoms with Gasteiger partial charge in [0.1, 0.15) is 17.1 Å². The van der Waals surface area contributed by atoms with E-state index >= 15 is 0 Å². The molecule has 116 valence electrons. The van der Waals surface area contributed by atoms with E-state index < -0.39 is 29.6 Å². The van der Waals surface area contributed by atoms with Crippen molar-refractivity contribution >= 4 is 11.6 Å². The van der Waals surface area contributed by atoms with Crippen LogP contribution in [0.1, 0.15) is 22.5 Å². The number of rotatable bonds is 3. The van der Waals surface area contributed by atoms with Crippen molar-refractivity contribution in [3.63, 3.8) is 0 Å². The molecule has 1 aliphatic rings. The van der Waals surface area contributed by atoms with Gasteiger partial charge in [-0.15, -0.1) is 0 Å². The number of hydrogen-bond acceptors (Lipinski definition) is 3. The average Bonchev–Trinajstić information content (AvgIpc) is 2.94. The molecule has 0 saturated carbocycles. The van der Waals surface area contributed by atoms with Gasteiger partial charge in [0, 0.05) is 6.54 Å². The number of amides is 1. The van der Waals surface area contributed by atoms with Crippen molar-refractivity contribution in [2.24, 2.45) is 0 Å². The highest BCUT2D eigenvalue weighted by molar-refractivity contribution is 6.08. The highest BCUT2D eigenvalue weighted by Gasteiger charge is 2.29. The maximum absolute atomic E-state index is 14.0. The van der Waals surface area contributed by atoms with E-state index in [1.54, 1.807) is 0 Å². The van der Waals surface area contributed by atoms with E-state index in [-0.39, 0.29) is 0 Å². The van der Waals surface area contributed by atoms with Crippen LogP contribution in [-0.2, 0) is 6.42 Å². The van der Waals surface area contributed by atoms with Crippen LogP contribution in [0.3, 0.4) is 0 Å². The zero-order valence-corrected chi connectivity index (χ0v) is 11.4. The van der Waals surface area contributed by atoms with Gasteiger partial charge < -0.3 is 9.64 Å². The van der Waals surface area contributed by atoms with Crippen LogP contribution < -0.4 is 9.64 Å². The molecule has 1 N–H and O–H groups in total. The predicted octanol–water partition coefficient (Wildman–Crippen LogP) is 2.74. The number of ether oxygens (including phenoxy) is 1. The monoisotopic (exact) mass is 311 g/mol. The zero-order chi connectivity index (χ0) is 15.7. The van der Waals surface area contributed by atoms with Crippen molar-refractivity contribution in [2.75, 3.05) is 11.4 Å². The summed E-state index contributed by atoms with van der Waals surface area (Å²) in [6.07, 6.45) is 2.85. The number of anilines is 1. The molecule has 0 spiro atoms. The lowest BCUT2D eigenvalue weighted by Crippen LogP contribution is -2.36. The largest absolute Gasteiger partial charge is 0.434 e. The molecule has 1 aromatic carbocycles. The molecule has 2 heterocycles. The lowest BCUT2D eigenvalue weighted by molar-refractivity contribution is -0.0503. The summed E-state index contributed by atoms with van der Waals surface area (Å²) in [5.41, 5.74) is 0.784. The van der Waals surface area contributed by atoms with E-state index in [1.165, 1.54) is 17.2 Å². The molecule has 8 heteroatoms. The molecular weight excluding hydrogens is 299 g/mol. The summed E-state index contributed by atoms with van der Waals surface area (Å²) in [5, 5.41) is 6.63. The Balaban J connectivity index is 2.00. The number of aryl methyl sites for hydroxylation is 1. The third-order valence-electron chi connectivity index (χ3n) is 3.45. The molecular formula is C14H12F3N3O2. The first-order chi connectivity index (χ1) is 10.6. The van der Waals surface area contributed by atoms with Gasteiger partial charge >= 0.3 is 6.61 Å². The summed E-state index contributed by atoms with van der Waals surface area (Å²) in [4.78, 5) is 13.9. The Morgan fingerprint density at radius 3 is 3.00 bits per heavy atom. The van der Waals surface area contributed by atoms with Crippen LogP contribution in [0.25, 0.3) is 0 Å². The van der Waals surface area contributed by atoms with Gasteiger partial charge in [-0.3, -0.25) is 9.89 Å². The van der Waals surface area contributed by atoms with Crippen LogP contribution in [0.4, 0.5) is 18.9 Å². The number of carbonyl (C=O) groups excluding carboxylic acids is 1. The molecule has 5 nitrogen and oxygen atoms in total. The topological polar surface area (TPSA) is 58.2 Å². The highest BCUT2D eigenvalue weighted by Crippen LogP contribution is 2.30. The van der Waals surface area contributed by atoms with E-state index in [1.807, 2.05) is 0 Å². The molecule has 0 aliphatic carbocycles. The van der Waals surface area contributed by atoms with Gasteiger partial charge in [0.15, 0.2) is 0 Å². The van der Waals surface area contributed by atoms with Crippen LogP contribution in [0.15, 0.2) is 24.4 Å². The Hall–Kier alpha value is -2.51. The molecule has 0 unspecified atom stereocenters. The van der Waals surface area contributed by atoms with E-state index in [4.69, 9.17) is 0 Å². The van der Waals surface area contributed by atoms with Gasteiger partial charge in [-0.1, -0.05) is 6.07 Å². The molecule has 0 fully saturated rings. The molecule has 0 bridgehead atoms. The Morgan fingerprint density at radius 2 is 2.23 bits per heavy atom. The lowest BCUT2D eigenvalue weighted by atomic mass is 10.1. The van der Waals surface area contributed by atoms with Gasteiger partial charge in [-0.25, -0.2) is 4.39 Å². The normalized spacial score (nSPS) is 14.1. The molecule has 2 aromatic rings. The summed E-state index contributed by atoms with van der Waals surface area (Å²) in [7, 11) is 0. The first-order valence-corrected chi connectivity index (χ1v) is 6.65. The number of nitrogens with zero attached hydrogens (tertiary/aromatic N) is 2. The maximum Gasteiger partial charge on any atom is 0.387 e. The summed E-state index contributed by atoms with van der Waals surface area (Å²) >= 11 is 0. The number of carbonyl (C=O) groups is 1. The van der Waals surface area contributed by atoms with Gasteiger partial charge in [0.05, 0.1) is 17.6 Å². The summed E-state index contributed by atoms with van der Waals surface area (Å²) < 4.78 is 43.2. The summed E-state index contributed by atoms with van der Waals surface area (Å²) in [5.74, 6) is -2.11. The van der Waals surface area contributed by atoms with Crippen LogP contribution in [0, 0.1) is 5.82 Å². The molecule has 3 rings (SSSR count). The standard InChI is InChI=1S/C14H12F3N3O2/c15-8-3-1-5-11(22-14(16)17)12(8)13(21)20-6-2-4-9-10(20)7-18-19-9/h1,3,5,7,14H,2,4,6H2,(H,18,19). The Labute approximate surface area is 123 Å². The maximum atomic E-state index is 14.0. The minimum absolute atomic E-state index is 0.355. The summed E-state index contributed by atoms with van der Waals surface area (Å²) in [6.45, 7) is -2.78. The molecule has 0 atom stereocenters. The fraction of sp³-hybridized carbons (Fsp3) is 0.286. The number of fused-ring (bicyclic) bond motifs is 1. The lowest BCUT2D eigenvalue weighted by Gasteiger charge is -2.27. The number of halogens is 3. The number of benzene rings is 1. The SMILES string of the molecule is O=C(c1c(F)cccc1OC(F)F)N1CCCc2[nH]ncc21. The van der Waals surface area contributed by atoms with Gasteiger partial charge in [0.2, 0.25) is 0 Å². The third kappa shape index (κ3) is 2.51. The molecule has 0 saturated heterocycles. The Kier molecular flexibility index (Phi) is 3.74. The number of hydrogen-bond donors (Lipinski definition) is 1. The molecule has 1 aromatic heterocycles. The highest BCUT2D eigenvalue weighted by atomic mass is 19.3. The van der Waals surface area contributed by atoms with Crippen LogP contribution >= 0.6 is 0 Å². The summed E-state index contributed by atoms with van der Waals surface area (Å²) in [6, 6.07) is 3.39. The Bertz CT molecular complexity index is 702. The quantitative estimate of drug-likeness (QED) is 0.948. The third-order valence-corrected chi connectivity index (χ3v) is 3.45. The smallest absolute Gasteiger partial charge is 0.387 e. The van der Waals surface area contributed by atoms with Crippen molar-refractivity contribution < 1.29 is 22.7 Å². The van der Waals surface area contributed by atoms with Gasteiger partial charge in [0.25, 0.3) is 5.91 Å². The number of alkyl halides is 2. The van der Waals surface area contributed by atoms with E-state index in [9.17, 15) is 18.0 Å². The van der Waals surface area contributed by atoms with Crippen molar-refractivity contribution in [2.45, 2.75) is 19.5 Å². The second-order valence-corrected chi connectivity index (χ2v) is 4.79. The second kappa shape index (κ2) is 5.70. The molecule has 0 radical (unpaired) electrons. The van der Waals surface area contributed by atoms with Crippen molar-refractivity contribution in [3.05, 3.63) is 41.5 Å². The minimum atomic E-state index is -3.14. The number of H-pyrrole nitrogens is 1. The van der Waals surface area contributed by atoms with E-state index in [2.05, 4.69) is 14.9 Å². The molecule has 22 heavy (non-hydrogen) atoms.